The van der Waals surface area contributed by atoms with E-state index in [9.17, 15) is 0 Å². The highest BCUT2D eigenvalue weighted by Crippen LogP contribution is 2.89. The zero-order valence-corrected chi connectivity index (χ0v) is 26.5. The summed E-state index contributed by atoms with van der Waals surface area (Å²) in [7, 11) is 0. The molecule has 0 radical (unpaired) electrons. The van der Waals surface area contributed by atoms with Crippen LogP contribution in [0.1, 0.15) is 125 Å². The number of fused-ring (bicyclic) bond motifs is 2. The highest BCUT2D eigenvalue weighted by Gasteiger charge is 2.82. The summed E-state index contributed by atoms with van der Waals surface area (Å²) in [5, 5.41) is 0. The summed E-state index contributed by atoms with van der Waals surface area (Å²) in [6.45, 7) is 23.1. The van der Waals surface area contributed by atoms with E-state index in [-0.39, 0.29) is 5.41 Å². The number of hydrogen-bond acceptors (Lipinski definition) is 1. The molecule has 0 aliphatic heterocycles. The smallest absolute Gasteiger partial charge is 0.0720 e. The van der Waals surface area contributed by atoms with E-state index in [1.807, 2.05) is 0 Å². The third-order valence-electron chi connectivity index (χ3n) is 14.8. The standard InChI is InChI=1S/C38H58O/c1-26(2)27(3)14-15-28(4)30-18-20-36(8)32-17-16-31-34(5,6)33(39-24-29-12-10-9-11-13-29)19-21-37(31)25-38(32,37)23-22-35(30,36)7/h9-13,26,28,30-33H,3,14-25H2,1-2,4-8H3/t28-,30?,31?,32?,33+,35-,36+,37-,38+/m1/s1. The first-order chi connectivity index (χ1) is 18.4. The van der Waals surface area contributed by atoms with Crippen molar-refractivity contribution in [2.75, 3.05) is 0 Å². The van der Waals surface area contributed by atoms with Gasteiger partial charge in [0.25, 0.3) is 0 Å². The van der Waals surface area contributed by atoms with Crippen molar-refractivity contribution in [2.45, 2.75) is 132 Å². The predicted octanol–water partition coefficient (Wildman–Crippen LogP) is 10.6. The van der Waals surface area contributed by atoms with Crippen LogP contribution in [0.25, 0.3) is 0 Å². The molecule has 0 amide bonds. The molecule has 5 fully saturated rings. The van der Waals surface area contributed by atoms with Crippen molar-refractivity contribution in [3.05, 3.63) is 48.0 Å². The third-order valence-corrected chi connectivity index (χ3v) is 14.8. The summed E-state index contributed by atoms with van der Waals surface area (Å²) in [5.41, 5.74) is 5.33. The molecule has 3 unspecified atom stereocenters. The van der Waals surface area contributed by atoms with Crippen molar-refractivity contribution in [1.29, 1.82) is 0 Å². The van der Waals surface area contributed by atoms with Crippen molar-refractivity contribution in [3.63, 3.8) is 0 Å². The molecule has 5 aliphatic rings. The lowest BCUT2D eigenvalue weighted by molar-refractivity contribution is -0.173. The maximum Gasteiger partial charge on any atom is 0.0720 e. The first-order valence-corrected chi connectivity index (χ1v) is 16.7. The Morgan fingerprint density at radius 1 is 0.846 bits per heavy atom. The van der Waals surface area contributed by atoms with Crippen LogP contribution in [0.4, 0.5) is 0 Å². The van der Waals surface area contributed by atoms with E-state index in [0.717, 1.165) is 30.3 Å². The van der Waals surface area contributed by atoms with Gasteiger partial charge in [0.1, 0.15) is 0 Å². The Labute approximate surface area is 241 Å². The van der Waals surface area contributed by atoms with Gasteiger partial charge in [0.05, 0.1) is 12.7 Å². The average Bonchev–Trinajstić information content (AvgIpc) is 3.48. The lowest BCUT2D eigenvalue weighted by Crippen LogP contribution is -2.57. The van der Waals surface area contributed by atoms with Crippen LogP contribution in [0, 0.1) is 56.7 Å². The van der Waals surface area contributed by atoms with E-state index in [0.29, 0.717) is 33.7 Å². The van der Waals surface area contributed by atoms with E-state index in [4.69, 9.17) is 4.74 Å². The highest BCUT2D eigenvalue weighted by atomic mass is 16.5. The number of benzene rings is 1. The minimum absolute atomic E-state index is 0.273. The van der Waals surface area contributed by atoms with Gasteiger partial charge in [-0.05, 0) is 133 Å². The fourth-order valence-electron chi connectivity index (χ4n) is 12.3. The van der Waals surface area contributed by atoms with Crippen LogP contribution in [-0.4, -0.2) is 6.10 Å². The van der Waals surface area contributed by atoms with Gasteiger partial charge in [-0.2, -0.15) is 0 Å². The molecule has 0 bridgehead atoms. The molecule has 0 N–H and O–H groups in total. The number of hydrogen-bond donors (Lipinski definition) is 0. The van der Waals surface area contributed by atoms with Crippen LogP contribution in [0.5, 0.6) is 0 Å². The molecular formula is C38H58O. The van der Waals surface area contributed by atoms with E-state index >= 15 is 0 Å². The molecule has 6 rings (SSSR count). The van der Waals surface area contributed by atoms with Crippen LogP contribution >= 0.6 is 0 Å². The molecule has 1 aromatic carbocycles. The van der Waals surface area contributed by atoms with Gasteiger partial charge < -0.3 is 4.74 Å². The van der Waals surface area contributed by atoms with Crippen LogP contribution < -0.4 is 0 Å². The normalized spacial score (nSPS) is 44.6. The van der Waals surface area contributed by atoms with Gasteiger partial charge >= 0.3 is 0 Å². The zero-order chi connectivity index (χ0) is 27.8. The van der Waals surface area contributed by atoms with Crippen LogP contribution in [0.2, 0.25) is 0 Å². The summed E-state index contributed by atoms with van der Waals surface area (Å²) in [6.07, 6.45) is 16.0. The number of allylic oxidation sites excluding steroid dienone is 1. The number of ether oxygens (including phenoxy) is 1. The SMILES string of the molecule is C=C(CC[C@@H](C)C1CC[C@@]2(C)C3CCC4C(C)(C)[C@@H](OCc5ccccc5)CC[C@@]45C[C@@]35CC[C@]12C)C(C)C. The van der Waals surface area contributed by atoms with Crippen LogP contribution in [0.15, 0.2) is 42.5 Å². The Kier molecular flexibility index (Phi) is 6.81. The van der Waals surface area contributed by atoms with E-state index in [2.05, 4.69) is 85.4 Å². The Morgan fingerprint density at radius 2 is 1.54 bits per heavy atom. The monoisotopic (exact) mass is 530 g/mol. The predicted molar refractivity (Wildman–Crippen MR) is 164 cm³/mol. The minimum atomic E-state index is 0.273. The van der Waals surface area contributed by atoms with Crippen molar-refractivity contribution in [3.8, 4) is 0 Å². The van der Waals surface area contributed by atoms with Crippen molar-refractivity contribution >= 4 is 0 Å². The molecule has 9 atom stereocenters. The maximum atomic E-state index is 6.72. The Balaban J connectivity index is 1.18. The second-order valence-electron chi connectivity index (χ2n) is 16.6. The molecule has 1 nitrogen and oxygen atoms in total. The molecule has 5 saturated carbocycles. The lowest BCUT2D eigenvalue weighted by Gasteiger charge is -2.63. The molecule has 1 heteroatoms. The summed E-state index contributed by atoms with van der Waals surface area (Å²) >= 11 is 0. The topological polar surface area (TPSA) is 9.23 Å². The maximum absolute atomic E-state index is 6.72. The van der Waals surface area contributed by atoms with Gasteiger partial charge in [0.15, 0.2) is 0 Å². The second kappa shape index (κ2) is 9.47. The second-order valence-corrected chi connectivity index (χ2v) is 16.6. The Hall–Kier alpha value is -1.08. The molecule has 0 aromatic heterocycles. The molecule has 216 valence electrons. The quantitative estimate of drug-likeness (QED) is 0.304. The number of rotatable bonds is 8. The van der Waals surface area contributed by atoms with Crippen molar-refractivity contribution < 1.29 is 4.74 Å². The van der Waals surface area contributed by atoms with Crippen LogP contribution in [0.3, 0.4) is 0 Å². The van der Waals surface area contributed by atoms with Gasteiger partial charge in [-0.1, -0.05) is 91.0 Å². The molecule has 39 heavy (non-hydrogen) atoms. The van der Waals surface area contributed by atoms with Gasteiger partial charge in [-0.25, -0.2) is 0 Å². The largest absolute Gasteiger partial charge is 0.373 e. The molecule has 5 aliphatic carbocycles. The average molecular weight is 531 g/mol. The summed E-state index contributed by atoms with van der Waals surface area (Å²) in [6, 6.07) is 10.8. The highest BCUT2D eigenvalue weighted by molar-refractivity contribution is 5.30. The van der Waals surface area contributed by atoms with E-state index in [1.54, 1.807) is 0 Å². The van der Waals surface area contributed by atoms with Crippen LogP contribution in [-0.2, 0) is 11.3 Å². The van der Waals surface area contributed by atoms with Crippen molar-refractivity contribution in [1.82, 2.24) is 0 Å². The molecule has 0 saturated heterocycles. The first-order valence-electron chi connectivity index (χ1n) is 16.7. The lowest BCUT2D eigenvalue weighted by atomic mass is 9.41. The van der Waals surface area contributed by atoms with Gasteiger partial charge in [0.2, 0.25) is 0 Å². The molecule has 0 heterocycles. The fourth-order valence-corrected chi connectivity index (χ4v) is 12.3. The Bertz CT molecular complexity index is 1070. The van der Waals surface area contributed by atoms with Gasteiger partial charge in [-0.3, -0.25) is 0 Å². The van der Waals surface area contributed by atoms with E-state index in [1.165, 1.54) is 81.8 Å². The first kappa shape index (κ1) is 28.1. The van der Waals surface area contributed by atoms with Gasteiger partial charge in [0, 0.05) is 0 Å². The van der Waals surface area contributed by atoms with E-state index < -0.39 is 0 Å². The summed E-state index contributed by atoms with van der Waals surface area (Å²) in [5.74, 6) is 4.12. The minimum Gasteiger partial charge on any atom is -0.373 e. The third kappa shape index (κ3) is 3.94. The molecular weight excluding hydrogens is 472 g/mol. The summed E-state index contributed by atoms with van der Waals surface area (Å²) in [4.78, 5) is 0. The molecule has 1 aromatic rings. The van der Waals surface area contributed by atoms with Gasteiger partial charge in [-0.15, -0.1) is 0 Å². The summed E-state index contributed by atoms with van der Waals surface area (Å²) < 4.78 is 6.72. The molecule has 2 spiro atoms. The van der Waals surface area contributed by atoms with Crippen molar-refractivity contribution in [2.24, 2.45) is 56.7 Å². The fraction of sp³-hybridized carbons (Fsp3) is 0.789. The Morgan fingerprint density at radius 3 is 2.26 bits per heavy atom. The zero-order valence-electron chi connectivity index (χ0n) is 26.5.